The number of aromatic nitrogens is 5. The number of H-pyrrole nitrogens is 1. The van der Waals surface area contributed by atoms with E-state index in [0.717, 1.165) is 56.3 Å². The zero-order valence-corrected chi connectivity index (χ0v) is 14.4. The van der Waals surface area contributed by atoms with Crippen molar-refractivity contribution in [1.82, 2.24) is 24.9 Å². The van der Waals surface area contributed by atoms with Crippen LogP contribution in [0.2, 0.25) is 0 Å². The molecule has 0 aliphatic heterocycles. The van der Waals surface area contributed by atoms with Gasteiger partial charge in [-0.2, -0.15) is 5.10 Å². The zero-order chi connectivity index (χ0) is 17.0. The number of fused-ring (bicyclic) bond motifs is 1. The maximum absolute atomic E-state index is 5.35. The van der Waals surface area contributed by atoms with Gasteiger partial charge in [-0.3, -0.25) is 4.68 Å². The number of hydrogen-bond acceptors (Lipinski definition) is 4. The van der Waals surface area contributed by atoms with Crippen molar-refractivity contribution in [3.8, 4) is 22.3 Å². The first-order chi connectivity index (χ1) is 11.4. The third kappa shape index (κ3) is 2.14. The van der Waals surface area contributed by atoms with Crippen molar-refractivity contribution < 1.29 is 4.52 Å². The maximum Gasteiger partial charge on any atom is 0.141 e. The molecular formula is C18H19N5O. The molecule has 0 radical (unpaired) electrons. The van der Waals surface area contributed by atoms with Crippen molar-refractivity contribution in [2.45, 2.75) is 27.7 Å². The quantitative estimate of drug-likeness (QED) is 0.608. The van der Waals surface area contributed by atoms with Gasteiger partial charge in [-0.25, -0.2) is 4.98 Å². The molecule has 0 amide bonds. The third-order valence-corrected chi connectivity index (χ3v) is 4.33. The van der Waals surface area contributed by atoms with E-state index in [2.05, 4.69) is 32.4 Å². The van der Waals surface area contributed by atoms with Crippen LogP contribution in [0.4, 0.5) is 0 Å². The molecule has 1 aromatic carbocycles. The zero-order valence-electron chi connectivity index (χ0n) is 14.4. The summed E-state index contributed by atoms with van der Waals surface area (Å²) in [6, 6.07) is 4.26. The molecule has 4 rings (SSSR count). The molecule has 0 spiro atoms. The number of nitrogens with one attached hydrogen (secondary N) is 1. The van der Waals surface area contributed by atoms with Gasteiger partial charge in [-0.15, -0.1) is 0 Å². The van der Waals surface area contributed by atoms with Gasteiger partial charge in [0.2, 0.25) is 0 Å². The lowest BCUT2D eigenvalue weighted by Gasteiger charge is -2.06. The fraction of sp³-hybridized carbons (Fsp3) is 0.278. The first-order valence-electron chi connectivity index (χ1n) is 7.88. The van der Waals surface area contributed by atoms with Crippen LogP contribution in [-0.4, -0.2) is 24.9 Å². The van der Waals surface area contributed by atoms with Crippen molar-refractivity contribution in [2.75, 3.05) is 0 Å². The molecule has 0 bridgehead atoms. The second-order valence-corrected chi connectivity index (χ2v) is 6.24. The predicted molar refractivity (Wildman–Crippen MR) is 92.7 cm³/mol. The molecule has 122 valence electrons. The van der Waals surface area contributed by atoms with Crippen molar-refractivity contribution in [3.63, 3.8) is 0 Å². The number of benzene rings is 1. The highest BCUT2D eigenvalue weighted by molar-refractivity contribution is 5.96. The van der Waals surface area contributed by atoms with Crippen LogP contribution in [0.3, 0.4) is 0 Å². The van der Waals surface area contributed by atoms with E-state index in [4.69, 9.17) is 4.52 Å². The van der Waals surface area contributed by atoms with Gasteiger partial charge in [0.25, 0.3) is 0 Å². The van der Waals surface area contributed by atoms with Crippen LogP contribution in [0.15, 0.2) is 22.9 Å². The van der Waals surface area contributed by atoms with E-state index in [1.807, 2.05) is 45.6 Å². The van der Waals surface area contributed by atoms with Crippen LogP contribution in [-0.2, 0) is 7.05 Å². The Bertz CT molecular complexity index is 1050. The molecular weight excluding hydrogens is 302 g/mol. The molecule has 0 aliphatic carbocycles. The topological polar surface area (TPSA) is 72.5 Å². The van der Waals surface area contributed by atoms with E-state index < -0.39 is 0 Å². The molecule has 24 heavy (non-hydrogen) atoms. The Labute approximate surface area is 139 Å². The molecule has 0 unspecified atom stereocenters. The van der Waals surface area contributed by atoms with Gasteiger partial charge in [0.15, 0.2) is 0 Å². The highest BCUT2D eigenvalue weighted by Crippen LogP contribution is 2.36. The maximum atomic E-state index is 5.35. The number of imidazole rings is 1. The lowest BCUT2D eigenvalue weighted by atomic mass is 9.97. The number of rotatable bonds is 2. The summed E-state index contributed by atoms with van der Waals surface area (Å²) in [6.45, 7) is 7.88. The van der Waals surface area contributed by atoms with Crippen molar-refractivity contribution in [1.29, 1.82) is 0 Å². The Morgan fingerprint density at radius 2 is 1.83 bits per heavy atom. The van der Waals surface area contributed by atoms with Crippen LogP contribution in [0.25, 0.3) is 33.3 Å². The normalized spacial score (nSPS) is 11.5. The van der Waals surface area contributed by atoms with E-state index in [9.17, 15) is 0 Å². The van der Waals surface area contributed by atoms with E-state index in [1.54, 1.807) is 0 Å². The molecule has 0 saturated carbocycles. The van der Waals surface area contributed by atoms with Gasteiger partial charge in [0, 0.05) is 29.9 Å². The first kappa shape index (κ1) is 14.7. The first-order valence-corrected chi connectivity index (χ1v) is 7.88. The van der Waals surface area contributed by atoms with Gasteiger partial charge in [-0.05, 0) is 45.4 Å². The van der Waals surface area contributed by atoms with E-state index in [1.165, 1.54) is 0 Å². The minimum atomic E-state index is 0.817. The average molecular weight is 321 g/mol. The van der Waals surface area contributed by atoms with Crippen LogP contribution in [0.5, 0.6) is 0 Å². The molecule has 0 atom stereocenters. The molecule has 3 heterocycles. The van der Waals surface area contributed by atoms with Crippen LogP contribution < -0.4 is 0 Å². The van der Waals surface area contributed by atoms with Gasteiger partial charge >= 0.3 is 0 Å². The number of hydrogen-bond donors (Lipinski definition) is 1. The summed E-state index contributed by atoms with van der Waals surface area (Å²) < 4.78 is 7.18. The highest BCUT2D eigenvalue weighted by Gasteiger charge is 2.18. The smallest absolute Gasteiger partial charge is 0.141 e. The fourth-order valence-electron chi connectivity index (χ4n) is 3.35. The lowest BCUT2D eigenvalue weighted by molar-refractivity contribution is 0.393. The molecule has 6 heteroatoms. The monoisotopic (exact) mass is 321 g/mol. The highest BCUT2D eigenvalue weighted by atomic mass is 16.5. The van der Waals surface area contributed by atoms with Crippen LogP contribution in [0, 0.1) is 27.7 Å². The summed E-state index contributed by atoms with van der Waals surface area (Å²) in [4.78, 5) is 8.02. The van der Waals surface area contributed by atoms with E-state index in [-0.39, 0.29) is 0 Å². The Kier molecular flexibility index (Phi) is 3.09. The lowest BCUT2D eigenvalue weighted by Crippen LogP contribution is -1.87. The van der Waals surface area contributed by atoms with Gasteiger partial charge in [0.1, 0.15) is 11.6 Å². The van der Waals surface area contributed by atoms with E-state index in [0.29, 0.717) is 0 Å². The van der Waals surface area contributed by atoms with Crippen molar-refractivity contribution >= 4 is 11.0 Å². The number of aryl methyl sites for hydroxylation is 5. The van der Waals surface area contributed by atoms with Crippen LogP contribution >= 0.6 is 0 Å². The number of nitrogens with zero attached hydrogens (tertiary/aromatic N) is 4. The molecule has 0 fully saturated rings. The largest absolute Gasteiger partial charge is 0.361 e. The Hall–Kier alpha value is -2.89. The molecule has 0 saturated heterocycles. The summed E-state index contributed by atoms with van der Waals surface area (Å²) in [5.41, 5.74) is 8.09. The second kappa shape index (κ2) is 5.06. The molecule has 1 N–H and O–H groups in total. The summed E-state index contributed by atoms with van der Waals surface area (Å²) in [5, 5.41) is 8.56. The SMILES string of the molecule is Cc1nc2c(-c3cn(C)nc3C)cc(-c3c(C)noc3C)cc2[nH]1. The predicted octanol–water partition coefficient (Wildman–Crippen LogP) is 3.85. The van der Waals surface area contributed by atoms with Gasteiger partial charge in [-0.1, -0.05) is 5.16 Å². The Morgan fingerprint density at radius 3 is 2.46 bits per heavy atom. The number of aromatic amines is 1. The standard InChI is InChI=1S/C18H19N5O/c1-9-15(8-23(5)21-9)14-6-13(17-10(2)22-24-11(17)3)7-16-18(14)20-12(4)19-16/h6-8H,1-5H3,(H,19,20). The fourth-order valence-corrected chi connectivity index (χ4v) is 3.35. The molecule has 4 aromatic rings. The molecule has 3 aromatic heterocycles. The van der Waals surface area contributed by atoms with Gasteiger partial charge in [0.05, 0.1) is 22.4 Å². The summed E-state index contributed by atoms with van der Waals surface area (Å²) in [6.07, 6.45) is 2.03. The summed E-state index contributed by atoms with van der Waals surface area (Å²) in [5.74, 6) is 1.71. The second-order valence-electron chi connectivity index (χ2n) is 6.24. The molecule has 0 aliphatic rings. The minimum absolute atomic E-state index is 0.817. The van der Waals surface area contributed by atoms with Crippen molar-refractivity contribution in [3.05, 3.63) is 41.3 Å². The van der Waals surface area contributed by atoms with Gasteiger partial charge < -0.3 is 9.51 Å². The van der Waals surface area contributed by atoms with Crippen LogP contribution in [0.1, 0.15) is 23.0 Å². The third-order valence-electron chi connectivity index (χ3n) is 4.33. The Morgan fingerprint density at radius 1 is 1.04 bits per heavy atom. The van der Waals surface area contributed by atoms with Crippen molar-refractivity contribution in [2.24, 2.45) is 7.05 Å². The average Bonchev–Trinajstić information content (AvgIpc) is 3.15. The molecule has 6 nitrogen and oxygen atoms in total. The Balaban J connectivity index is 2.07. The van der Waals surface area contributed by atoms with E-state index >= 15 is 0 Å². The summed E-state index contributed by atoms with van der Waals surface area (Å²) >= 11 is 0. The minimum Gasteiger partial charge on any atom is -0.361 e. The summed E-state index contributed by atoms with van der Waals surface area (Å²) in [7, 11) is 1.93.